The number of piperidine rings is 1. The van der Waals surface area contributed by atoms with Gasteiger partial charge in [-0.05, 0) is 58.3 Å². The maximum atomic E-state index is 12.9. The number of carbonyl (C=O) groups is 2. The number of allylic oxidation sites excluding steroid dienone is 4. The van der Waals surface area contributed by atoms with E-state index >= 15 is 0 Å². The highest BCUT2D eigenvalue weighted by Gasteiger charge is 2.26. The molecule has 1 aromatic heterocycles. The second-order valence-electron chi connectivity index (χ2n) is 8.61. The van der Waals surface area contributed by atoms with Gasteiger partial charge in [0.1, 0.15) is 11.7 Å². The molecule has 0 saturated carbocycles. The third-order valence-electron chi connectivity index (χ3n) is 5.99. The van der Waals surface area contributed by atoms with E-state index in [0.29, 0.717) is 17.4 Å². The predicted octanol–water partition coefficient (Wildman–Crippen LogP) is 4.89. The second-order valence-corrected chi connectivity index (χ2v) is 9.89. The van der Waals surface area contributed by atoms with Crippen LogP contribution in [-0.4, -0.2) is 52.6 Å². The molecule has 2 heterocycles. The van der Waals surface area contributed by atoms with Crippen LogP contribution in [0.2, 0.25) is 0 Å². The van der Waals surface area contributed by atoms with Gasteiger partial charge in [0.25, 0.3) is 5.91 Å². The van der Waals surface area contributed by atoms with E-state index in [9.17, 15) is 9.59 Å². The Bertz CT molecular complexity index is 1120. The summed E-state index contributed by atoms with van der Waals surface area (Å²) < 4.78 is 5.03. The van der Waals surface area contributed by atoms with Crippen molar-refractivity contribution in [2.75, 3.05) is 19.7 Å². The van der Waals surface area contributed by atoms with Gasteiger partial charge in [0.05, 0.1) is 11.6 Å². The first-order chi connectivity index (χ1) is 17.3. The molecule has 1 unspecified atom stereocenters. The summed E-state index contributed by atoms with van der Waals surface area (Å²) in [6.45, 7) is 9.26. The Morgan fingerprint density at radius 1 is 1.28 bits per heavy atom. The first kappa shape index (κ1) is 27.5. The van der Waals surface area contributed by atoms with Crippen molar-refractivity contribution < 1.29 is 14.3 Å². The summed E-state index contributed by atoms with van der Waals surface area (Å²) in [5.74, 6) is -0.240. The summed E-state index contributed by atoms with van der Waals surface area (Å²) in [5.41, 5.74) is 3.23. The zero-order chi connectivity index (χ0) is 26.1. The number of carbonyl (C=O) groups excluding carboxylic acids is 2. The lowest BCUT2D eigenvalue weighted by Gasteiger charge is -2.33. The molecule has 1 aromatic carbocycles. The molecule has 0 spiro atoms. The summed E-state index contributed by atoms with van der Waals surface area (Å²) in [4.78, 5) is 31.5. The molecular weight excluding hydrogens is 492 g/mol. The first-order valence-electron chi connectivity index (χ1n) is 12.2. The quantitative estimate of drug-likeness (QED) is 0.288. The Morgan fingerprint density at radius 2 is 1.97 bits per heavy atom. The zero-order valence-corrected chi connectivity index (χ0v) is 22.9. The number of amides is 1. The van der Waals surface area contributed by atoms with Crippen LogP contribution in [0, 0.1) is 0 Å². The summed E-state index contributed by atoms with van der Waals surface area (Å²) >= 11 is 7.02. The van der Waals surface area contributed by atoms with Crippen molar-refractivity contribution in [2.45, 2.75) is 52.5 Å². The largest absolute Gasteiger partial charge is 0.464 e. The molecular formula is C27H34N4O3S2. The highest BCUT2D eigenvalue weighted by atomic mass is 32.1. The standard InChI is InChI=1S/C27H34N4O3S2/c1-5-10-22(20-11-8-7-9-12-20)18(3)28-24(32)23-17-36-25(30-23)21-13-15-31(16-14-21)27(35)29-19(4)26(33)34-6-2/h5,7-12,17,19,21H,6,13-16H2,1-4H3,(H,28,32)(H,29,35)/b10-5-,22-18-. The molecule has 3 rings (SSSR count). The minimum atomic E-state index is -0.483. The van der Waals surface area contributed by atoms with Crippen LogP contribution in [0.15, 0.2) is 53.6 Å². The van der Waals surface area contributed by atoms with Crippen LogP contribution in [0.3, 0.4) is 0 Å². The number of rotatable bonds is 8. The molecule has 2 N–H and O–H groups in total. The Kier molecular flexibility index (Phi) is 10.2. The third-order valence-corrected chi connectivity index (χ3v) is 7.37. The average Bonchev–Trinajstić information content (AvgIpc) is 3.38. The summed E-state index contributed by atoms with van der Waals surface area (Å²) in [7, 11) is 0. The third kappa shape index (κ3) is 7.24. The van der Waals surface area contributed by atoms with Crippen LogP contribution in [0.25, 0.3) is 5.57 Å². The lowest BCUT2D eigenvalue weighted by molar-refractivity contribution is -0.144. The number of esters is 1. The Morgan fingerprint density at radius 3 is 2.61 bits per heavy atom. The lowest BCUT2D eigenvalue weighted by atomic mass is 9.98. The Labute approximate surface area is 222 Å². The van der Waals surface area contributed by atoms with Gasteiger partial charge >= 0.3 is 5.97 Å². The van der Waals surface area contributed by atoms with Crippen molar-refractivity contribution >= 4 is 46.1 Å². The van der Waals surface area contributed by atoms with E-state index in [1.54, 1.807) is 13.8 Å². The number of nitrogens with one attached hydrogen (secondary N) is 2. The summed E-state index contributed by atoms with van der Waals surface area (Å²) in [6, 6.07) is 9.50. The molecule has 1 aliphatic rings. The van der Waals surface area contributed by atoms with Crippen LogP contribution in [-0.2, 0) is 9.53 Å². The fourth-order valence-corrected chi connectivity index (χ4v) is 5.37. The number of benzene rings is 1. The molecule has 1 saturated heterocycles. The molecule has 192 valence electrons. The number of aromatic nitrogens is 1. The molecule has 36 heavy (non-hydrogen) atoms. The molecule has 0 radical (unpaired) electrons. The number of thiazole rings is 1. The van der Waals surface area contributed by atoms with E-state index in [0.717, 1.165) is 47.8 Å². The van der Waals surface area contributed by atoms with Gasteiger partial charge in [0.2, 0.25) is 0 Å². The minimum Gasteiger partial charge on any atom is -0.464 e. The number of hydrogen-bond acceptors (Lipinski definition) is 6. The first-order valence-corrected chi connectivity index (χ1v) is 13.5. The predicted molar refractivity (Wildman–Crippen MR) is 149 cm³/mol. The van der Waals surface area contributed by atoms with Crippen molar-refractivity contribution in [1.29, 1.82) is 0 Å². The van der Waals surface area contributed by atoms with E-state index in [4.69, 9.17) is 17.0 Å². The van der Waals surface area contributed by atoms with E-state index in [1.165, 1.54) is 11.3 Å². The molecule has 0 aliphatic carbocycles. The zero-order valence-electron chi connectivity index (χ0n) is 21.2. The van der Waals surface area contributed by atoms with Crippen LogP contribution < -0.4 is 10.6 Å². The molecule has 7 nitrogen and oxygen atoms in total. The number of nitrogens with zero attached hydrogens (tertiary/aromatic N) is 2. The smallest absolute Gasteiger partial charge is 0.328 e. The van der Waals surface area contributed by atoms with Gasteiger partial charge in [-0.2, -0.15) is 0 Å². The van der Waals surface area contributed by atoms with Gasteiger partial charge < -0.3 is 20.3 Å². The number of likely N-dealkylation sites (tertiary alicyclic amines) is 1. The molecule has 1 aliphatic heterocycles. The summed E-state index contributed by atoms with van der Waals surface area (Å²) in [5, 5.41) is 9.44. The van der Waals surface area contributed by atoms with Crippen molar-refractivity contribution in [3.05, 3.63) is 69.8 Å². The summed E-state index contributed by atoms with van der Waals surface area (Å²) in [6.07, 6.45) is 5.72. The van der Waals surface area contributed by atoms with E-state index in [1.807, 2.05) is 61.7 Å². The highest BCUT2D eigenvalue weighted by Crippen LogP contribution is 2.30. The minimum absolute atomic E-state index is 0.205. The Hall–Kier alpha value is -3.04. The molecule has 1 fully saturated rings. The molecule has 1 atom stereocenters. The monoisotopic (exact) mass is 526 g/mol. The SMILES string of the molecule is C/C=C\C(=C(/C)NC(=O)c1csc(C2CCN(C(=S)NC(C)C(=O)OCC)CC2)n1)c1ccccc1. The van der Waals surface area contributed by atoms with Crippen molar-refractivity contribution in [3.8, 4) is 0 Å². The van der Waals surface area contributed by atoms with Gasteiger partial charge in [-0.1, -0.05) is 42.5 Å². The average molecular weight is 527 g/mol. The molecule has 1 amide bonds. The molecule has 9 heteroatoms. The molecule has 0 bridgehead atoms. The van der Waals surface area contributed by atoms with Gasteiger partial charge in [0, 0.05) is 35.7 Å². The van der Waals surface area contributed by atoms with Gasteiger partial charge in [-0.25, -0.2) is 9.78 Å². The highest BCUT2D eigenvalue weighted by molar-refractivity contribution is 7.80. The van der Waals surface area contributed by atoms with Gasteiger partial charge in [-0.15, -0.1) is 11.3 Å². The van der Waals surface area contributed by atoms with Crippen LogP contribution >= 0.6 is 23.6 Å². The van der Waals surface area contributed by atoms with Crippen LogP contribution in [0.1, 0.15) is 67.5 Å². The van der Waals surface area contributed by atoms with E-state index < -0.39 is 6.04 Å². The van der Waals surface area contributed by atoms with Crippen molar-refractivity contribution in [2.24, 2.45) is 0 Å². The maximum absolute atomic E-state index is 12.9. The van der Waals surface area contributed by atoms with Crippen LogP contribution in [0.5, 0.6) is 0 Å². The van der Waals surface area contributed by atoms with Crippen molar-refractivity contribution in [1.82, 2.24) is 20.5 Å². The lowest BCUT2D eigenvalue weighted by Crippen LogP contribution is -2.49. The fourth-order valence-electron chi connectivity index (χ4n) is 4.04. The number of ether oxygens (including phenoxy) is 1. The van der Waals surface area contributed by atoms with Gasteiger partial charge in [0.15, 0.2) is 5.11 Å². The van der Waals surface area contributed by atoms with E-state index in [2.05, 4.69) is 20.5 Å². The van der Waals surface area contributed by atoms with Gasteiger partial charge in [-0.3, -0.25) is 4.79 Å². The van der Waals surface area contributed by atoms with Crippen LogP contribution in [0.4, 0.5) is 0 Å². The normalized spacial score (nSPS) is 15.8. The van der Waals surface area contributed by atoms with E-state index in [-0.39, 0.29) is 17.8 Å². The topological polar surface area (TPSA) is 83.6 Å². The number of hydrogen-bond donors (Lipinski definition) is 2. The Balaban J connectivity index is 1.58. The second kappa shape index (κ2) is 13.3. The fraction of sp³-hybridized carbons (Fsp3) is 0.407. The number of thiocarbonyl (C=S) groups is 1. The maximum Gasteiger partial charge on any atom is 0.328 e. The van der Waals surface area contributed by atoms with Crippen molar-refractivity contribution in [3.63, 3.8) is 0 Å². The molecule has 2 aromatic rings.